The third kappa shape index (κ3) is 2.69. The van der Waals surface area contributed by atoms with Crippen LogP contribution in [0.15, 0.2) is 66.4 Å². The molecule has 27 heavy (non-hydrogen) atoms. The minimum atomic E-state index is -0.179. The van der Waals surface area contributed by atoms with Crippen molar-refractivity contribution in [2.24, 2.45) is 0 Å². The van der Waals surface area contributed by atoms with Crippen LogP contribution in [0.2, 0.25) is 0 Å². The van der Waals surface area contributed by atoms with E-state index < -0.39 is 0 Å². The van der Waals surface area contributed by atoms with Crippen molar-refractivity contribution in [2.75, 3.05) is 5.32 Å². The van der Waals surface area contributed by atoms with Crippen LogP contribution >= 0.6 is 11.3 Å². The van der Waals surface area contributed by atoms with E-state index in [-0.39, 0.29) is 5.91 Å². The van der Waals surface area contributed by atoms with Crippen molar-refractivity contribution in [3.63, 3.8) is 0 Å². The van der Waals surface area contributed by atoms with Crippen LogP contribution in [-0.4, -0.2) is 24.7 Å². The summed E-state index contributed by atoms with van der Waals surface area (Å²) in [6.07, 6.45) is 5.84. The lowest BCUT2D eigenvalue weighted by molar-refractivity contribution is 0.102. The molecule has 0 atom stereocenters. The van der Waals surface area contributed by atoms with Crippen molar-refractivity contribution in [1.82, 2.24) is 18.8 Å². The van der Waals surface area contributed by atoms with Gasteiger partial charge in [0.2, 0.25) is 0 Å². The zero-order valence-electron chi connectivity index (χ0n) is 14.5. The fourth-order valence-corrected chi connectivity index (χ4v) is 3.87. The summed E-state index contributed by atoms with van der Waals surface area (Å²) in [4.78, 5) is 22.8. The second-order valence-electron chi connectivity index (χ2n) is 6.23. The number of nitrogens with one attached hydrogen (secondary N) is 1. The molecule has 1 N–H and O–H groups in total. The zero-order chi connectivity index (χ0) is 18.4. The highest BCUT2D eigenvalue weighted by Gasteiger charge is 2.16. The first kappa shape index (κ1) is 15.8. The van der Waals surface area contributed by atoms with Crippen LogP contribution in [0.5, 0.6) is 0 Å². The average molecular weight is 373 g/mol. The van der Waals surface area contributed by atoms with Gasteiger partial charge in [0, 0.05) is 35.2 Å². The zero-order valence-corrected chi connectivity index (χ0v) is 15.3. The van der Waals surface area contributed by atoms with Gasteiger partial charge < -0.3 is 5.32 Å². The van der Waals surface area contributed by atoms with Gasteiger partial charge in [0.15, 0.2) is 4.96 Å². The van der Waals surface area contributed by atoms with E-state index in [4.69, 9.17) is 0 Å². The number of anilines is 1. The Kier molecular flexibility index (Phi) is 3.54. The number of benzene rings is 1. The van der Waals surface area contributed by atoms with E-state index in [9.17, 15) is 4.79 Å². The number of hydrogen-bond acceptors (Lipinski definition) is 4. The number of fused-ring (bicyclic) bond motifs is 2. The van der Waals surface area contributed by atoms with Gasteiger partial charge in [0.1, 0.15) is 11.3 Å². The smallest absolute Gasteiger partial charge is 0.274 e. The second kappa shape index (κ2) is 6.07. The Hall–Kier alpha value is -3.45. The molecule has 7 heteroatoms. The van der Waals surface area contributed by atoms with Crippen LogP contribution in [0.25, 0.3) is 21.9 Å². The molecule has 0 aliphatic rings. The first-order valence-corrected chi connectivity index (χ1v) is 9.35. The van der Waals surface area contributed by atoms with Crippen LogP contribution in [0.4, 0.5) is 5.69 Å². The number of amides is 1. The van der Waals surface area contributed by atoms with Gasteiger partial charge in [-0.2, -0.15) is 0 Å². The molecule has 0 saturated carbocycles. The van der Waals surface area contributed by atoms with Crippen LogP contribution < -0.4 is 5.32 Å². The van der Waals surface area contributed by atoms with E-state index in [0.29, 0.717) is 11.4 Å². The molecule has 132 valence electrons. The van der Waals surface area contributed by atoms with Gasteiger partial charge in [0.25, 0.3) is 5.91 Å². The molecule has 0 fully saturated rings. The summed E-state index contributed by atoms with van der Waals surface area (Å²) in [5, 5.41) is 4.96. The Labute approximate surface area is 158 Å². The molecular weight excluding hydrogens is 358 g/mol. The standard InChI is InChI=1S/C20H15N5OS/c1-13-18(25-9-3-2-4-17(25)21-13)19(26)22-15-7-5-14(6-8-15)16-12-24-10-11-27-20(24)23-16/h2-12H,1H3,(H,22,26). The summed E-state index contributed by atoms with van der Waals surface area (Å²) in [7, 11) is 0. The predicted octanol–water partition coefficient (Wildman–Crippen LogP) is 4.27. The van der Waals surface area contributed by atoms with Crippen LogP contribution in [-0.2, 0) is 0 Å². The lowest BCUT2D eigenvalue weighted by Gasteiger charge is -2.07. The second-order valence-corrected chi connectivity index (χ2v) is 7.10. The van der Waals surface area contributed by atoms with Gasteiger partial charge in [-0.3, -0.25) is 13.6 Å². The number of aromatic nitrogens is 4. The molecular formula is C20H15N5OS. The molecule has 0 unspecified atom stereocenters. The Morgan fingerprint density at radius 1 is 1.07 bits per heavy atom. The normalized spacial score (nSPS) is 11.3. The van der Waals surface area contributed by atoms with Gasteiger partial charge in [0.05, 0.1) is 11.4 Å². The number of nitrogens with zero attached hydrogens (tertiary/aromatic N) is 4. The Balaban J connectivity index is 1.41. The van der Waals surface area contributed by atoms with E-state index in [1.165, 1.54) is 0 Å². The number of hydrogen-bond donors (Lipinski definition) is 1. The van der Waals surface area contributed by atoms with Gasteiger partial charge in [-0.15, -0.1) is 11.3 Å². The highest BCUT2D eigenvalue weighted by molar-refractivity contribution is 7.15. The van der Waals surface area contributed by atoms with Crippen molar-refractivity contribution >= 4 is 33.5 Å². The Morgan fingerprint density at radius 2 is 1.93 bits per heavy atom. The molecule has 1 amide bonds. The number of rotatable bonds is 3. The molecule has 0 radical (unpaired) electrons. The first-order chi connectivity index (χ1) is 13.2. The van der Waals surface area contributed by atoms with Crippen LogP contribution in [0.3, 0.4) is 0 Å². The summed E-state index contributed by atoms with van der Waals surface area (Å²) in [5.74, 6) is -0.179. The van der Waals surface area contributed by atoms with Crippen molar-refractivity contribution in [3.8, 4) is 11.3 Å². The van der Waals surface area contributed by atoms with Gasteiger partial charge >= 0.3 is 0 Å². The number of carbonyl (C=O) groups is 1. The predicted molar refractivity (Wildman–Crippen MR) is 106 cm³/mol. The molecule has 0 saturated heterocycles. The van der Waals surface area contributed by atoms with Crippen LogP contribution in [0.1, 0.15) is 16.2 Å². The number of aryl methyl sites for hydroxylation is 1. The average Bonchev–Trinajstić information content (AvgIpc) is 3.34. The first-order valence-electron chi connectivity index (χ1n) is 8.47. The van der Waals surface area contributed by atoms with Crippen molar-refractivity contribution < 1.29 is 4.79 Å². The summed E-state index contributed by atoms with van der Waals surface area (Å²) < 4.78 is 3.81. The Bertz CT molecular complexity index is 1250. The maximum absolute atomic E-state index is 12.8. The molecule has 0 bridgehead atoms. The van der Waals surface area contributed by atoms with Gasteiger partial charge in [-0.25, -0.2) is 9.97 Å². The molecule has 5 rings (SSSR count). The van der Waals surface area contributed by atoms with Gasteiger partial charge in [-0.1, -0.05) is 18.2 Å². The number of carbonyl (C=O) groups excluding carboxylic acids is 1. The molecule has 6 nitrogen and oxygen atoms in total. The summed E-state index contributed by atoms with van der Waals surface area (Å²) in [6.45, 7) is 1.84. The maximum Gasteiger partial charge on any atom is 0.274 e. The summed E-state index contributed by atoms with van der Waals surface area (Å²) in [6, 6.07) is 13.4. The van der Waals surface area contributed by atoms with Crippen molar-refractivity contribution in [1.29, 1.82) is 0 Å². The third-order valence-electron chi connectivity index (χ3n) is 4.45. The largest absolute Gasteiger partial charge is 0.321 e. The minimum Gasteiger partial charge on any atom is -0.321 e. The fourth-order valence-electron chi connectivity index (χ4n) is 3.17. The highest BCUT2D eigenvalue weighted by atomic mass is 32.1. The quantitative estimate of drug-likeness (QED) is 0.514. The number of pyridine rings is 1. The summed E-state index contributed by atoms with van der Waals surface area (Å²) >= 11 is 1.60. The molecule has 4 heterocycles. The Morgan fingerprint density at radius 3 is 2.74 bits per heavy atom. The van der Waals surface area contributed by atoms with Crippen LogP contribution in [0, 0.1) is 6.92 Å². The SMILES string of the molecule is Cc1nc2ccccn2c1C(=O)Nc1ccc(-c2cn3ccsc3n2)cc1. The van der Waals surface area contributed by atoms with Crippen molar-refractivity contribution in [2.45, 2.75) is 6.92 Å². The van der Waals surface area contributed by atoms with Crippen molar-refractivity contribution in [3.05, 3.63) is 77.8 Å². The molecule has 1 aromatic carbocycles. The van der Waals surface area contributed by atoms with E-state index in [2.05, 4.69) is 15.3 Å². The third-order valence-corrected chi connectivity index (χ3v) is 5.22. The maximum atomic E-state index is 12.8. The lowest BCUT2D eigenvalue weighted by atomic mass is 10.1. The monoisotopic (exact) mass is 373 g/mol. The van der Waals surface area contributed by atoms with Gasteiger partial charge in [-0.05, 0) is 31.2 Å². The van der Waals surface area contributed by atoms with E-state index in [1.807, 2.05) is 77.8 Å². The lowest BCUT2D eigenvalue weighted by Crippen LogP contribution is -2.15. The topological polar surface area (TPSA) is 63.7 Å². The molecule has 0 aliphatic heterocycles. The molecule has 4 aromatic heterocycles. The van der Waals surface area contributed by atoms with E-state index in [1.54, 1.807) is 15.7 Å². The minimum absolute atomic E-state index is 0.179. The molecule has 5 aromatic rings. The number of thiazole rings is 1. The highest BCUT2D eigenvalue weighted by Crippen LogP contribution is 2.23. The fraction of sp³-hybridized carbons (Fsp3) is 0.0500. The molecule has 0 aliphatic carbocycles. The van der Waals surface area contributed by atoms with E-state index in [0.717, 1.165) is 27.6 Å². The summed E-state index contributed by atoms with van der Waals surface area (Å²) in [5.41, 5.74) is 4.66. The number of imidazole rings is 2. The van der Waals surface area contributed by atoms with E-state index >= 15 is 0 Å². The molecule has 0 spiro atoms.